The van der Waals surface area contributed by atoms with Gasteiger partial charge in [-0.15, -0.1) is 0 Å². The molecule has 0 saturated heterocycles. The first-order chi connectivity index (χ1) is 9.39. The number of nitrogens with zero attached hydrogens (tertiary/aromatic N) is 1. The van der Waals surface area contributed by atoms with Gasteiger partial charge in [-0.2, -0.15) is 26.3 Å². The van der Waals surface area contributed by atoms with Crippen molar-refractivity contribution in [2.24, 2.45) is 0 Å². The van der Waals surface area contributed by atoms with Gasteiger partial charge in [0, 0.05) is 17.6 Å². The van der Waals surface area contributed by atoms with Crippen molar-refractivity contribution in [2.45, 2.75) is 24.9 Å². The first-order valence-corrected chi connectivity index (χ1v) is 6.00. The molecule has 1 rings (SSSR count). The van der Waals surface area contributed by atoms with Gasteiger partial charge in [-0.3, -0.25) is 4.79 Å². The monoisotopic (exact) mass is 379 g/mol. The summed E-state index contributed by atoms with van der Waals surface area (Å²) in [5.74, 6) is -2.21. The van der Waals surface area contributed by atoms with Crippen molar-refractivity contribution in [2.75, 3.05) is 5.32 Å². The average molecular weight is 380 g/mol. The summed E-state index contributed by atoms with van der Waals surface area (Å²) in [4.78, 5) is 14.2. The summed E-state index contributed by atoms with van der Waals surface area (Å²) in [5.41, 5.74) is -4.63. The Morgan fingerprint density at radius 3 is 2.00 bits per heavy atom. The number of pyridine rings is 1. The Morgan fingerprint density at radius 1 is 1.14 bits per heavy atom. The highest BCUT2D eigenvalue weighted by molar-refractivity contribution is 9.10. The van der Waals surface area contributed by atoms with Crippen LogP contribution in [0.3, 0.4) is 0 Å². The lowest BCUT2D eigenvalue weighted by molar-refractivity contribution is -0.295. The number of alkyl halides is 6. The molecule has 0 unspecified atom stereocenters. The van der Waals surface area contributed by atoms with Gasteiger partial charge in [-0.1, -0.05) is 0 Å². The molecule has 0 aliphatic carbocycles. The van der Waals surface area contributed by atoms with Crippen molar-refractivity contribution in [3.63, 3.8) is 0 Å². The minimum Gasteiger partial charge on any atom is -0.332 e. The number of carbonyl (C=O) groups excluding carboxylic acids is 1. The second-order valence-corrected chi connectivity index (χ2v) is 4.83. The van der Waals surface area contributed by atoms with Crippen molar-refractivity contribution < 1.29 is 31.1 Å². The number of amides is 1. The molecule has 0 radical (unpaired) electrons. The van der Waals surface area contributed by atoms with Gasteiger partial charge in [0.15, 0.2) is 0 Å². The van der Waals surface area contributed by atoms with Crippen LogP contribution in [0, 0.1) is 0 Å². The van der Waals surface area contributed by atoms with Gasteiger partial charge in [-0.05, 0) is 28.1 Å². The highest BCUT2D eigenvalue weighted by Crippen LogP contribution is 2.43. The fraction of sp³-hybridized carbons (Fsp3) is 0.400. The lowest BCUT2D eigenvalue weighted by atomic mass is 10.1. The number of rotatable bonds is 3. The summed E-state index contributed by atoms with van der Waals surface area (Å²) >= 11 is 2.94. The number of carbonyl (C=O) groups is 1. The van der Waals surface area contributed by atoms with Crippen LogP contribution in [0.2, 0.25) is 0 Å². The minimum atomic E-state index is -5.84. The van der Waals surface area contributed by atoms with E-state index in [0.29, 0.717) is 11.4 Å². The summed E-state index contributed by atoms with van der Waals surface area (Å²) in [6.07, 6.45) is -10.7. The van der Waals surface area contributed by atoms with E-state index in [1.165, 1.54) is 11.4 Å². The van der Waals surface area contributed by atoms with E-state index in [9.17, 15) is 31.1 Å². The maximum Gasteiger partial charge on any atom is 0.439 e. The summed E-state index contributed by atoms with van der Waals surface area (Å²) in [6, 6.07) is 2.10. The molecule has 0 spiro atoms. The van der Waals surface area contributed by atoms with Crippen LogP contribution in [0.4, 0.5) is 32.2 Å². The van der Waals surface area contributed by atoms with Crippen LogP contribution in [0.1, 0.15) is 6.92 Å². The van der Waals surface area contributed by atoms with E-state index in [1.807, 2.05) is 0 Å². The summed E-state index contributed by atoms with van der Waals surface area (Å²) < 4.78 is 78.1. The van der Waals surface area contributed by atoms with Crippen LogP contribution in [0.25, 0.3) is 0 Å². The zero-order valence-corrected chi connectivity index (χ0v) is 11.8. The van der Waals surface area contributed by atoms with Gasteiger partial charge in [0.2, 0.25) is 5.91 Å². The average Bonchev–Trinajstić information content (AvgIpc) is 2.27. The molecule has 0 aromatic carbocycles. The smallest absolute Gasteiger partial charge is 0.332 e. The number of nitrogens with one attached hydrogen (secondary N) is 2. The van der Waals surface area contributed by atoms with E-state index in [1.54, 1.807) is 0 Å². The van der Waals surface area contributed by atoms with Gasteiger partial charge >= 0.3 is 18.0 Å². The quantitative estimate of drug-likeness (QED) is 0.626. The minimum absolute atomic E-state index is 0.359. The van der Waals surface area contributed by atoms with Crippen LogP contribution < -0.4 is 10.6 Å². The number of hydrogen-bond acceptors (Lipinski definition) is 3. The molecule has 1 aromatic heterocycles. The largest absolute Gasteiger partial charge is 0.439 e. The molecule has 1 aromatic rings. The first-order valence-electron chi connectivity index (χ1n) is 5.21. The zero-order valence-electron chi connectivity index (χ0n) is 10.2. The van der Waals surface area contributed by atoms with E-state index >= 15 is 0 Å². The predicted molar refractivity (Wildman–Crippen MR) is 64.2 cm³/mol. The standard InChI is InChI=1S/C10H8BrF6N3O/c1-5(21)19-8(9(12,13)14,10(15,16)17)20-7-3-2-6(11)4-18-7/h2-4H,1H3,(H,18,20)(H,19,21). The summed E-state index contributed by atoms with van der Waals surface area (Å²) in [5, 5.41) is 2.10. The summed E-state index contributed by atoms with van der Waals surface area (Å²) in [7, 11) is 0. The lowest BCUT2D eigenvalue weighted by Gasteiger charge is -2.38. The molecule has 0 saturated carbocycles. The van der Waals surface area contributed by atoms with Crippen molar-refractivity contribution in [3.8, 4) is 0 Å². The third-order valence-electron chi connectivity index (χ3n) is 2.26. The van der Waals surface area contributed by atoms with Gasteiger partial charge in [0.1, 0.15) is 5.82 Å². The Morgan fingerprint density at radius 2 is 1.67 bits per heavy atom. The van der Waals surface area contributed by atoms with E-state index < -0.39 is 29.7 Å². The van der Waals surface area contributed by atoms with E-state index in [4.69, 9.17) is 0 Å². The molecule has 0 bridgehead atoms. The van der Waals surface area contributed by atoms with Crippen LogP contribution >= 0.6 is 15.9 Å². The highest BCUT2D eigenvalue weighted by Gasteiger charge is 2.72. The molecule has 0 aliphatic heterocycles. The molecule has 0 atom stereocenters. The third kappa shape index (κ3) is 3.77. The second kappa shape index (κ2) is 5.70. The molecule has 11 heteroatoms. The molecular weight excluding hydrogens is 372 g/mol. The molecule has 0 fully saturated rings. The van der Waals surface area contributed by atoms with Crippen molar-refractivity contribution in [1.82, 2.24) is 10.3 Å². The van der Waals surface area contributed by atoms with Gasteiger partial charge < -0.3 is 10.6 Å². The third-order valence-corrected chi connectivity index (χ3v) is 2.73. The maximum absolute atomic E-state index is 13.0. The molecule has 0 aliphatic rings. The first kappa shape index (κ1) is 17.5. The van der Waals surface area contributed by atoms with E-state index in [2.05, 4.69) is 20.9 Å². The molecule has 118 valence electrons. The zero-order chi connectivity index (χ0) is 16.5. The molecule has 4 nitrogen and oxygen atoms in total. The number of hydrogen-bond donors (Lipinski definition) is 2. The molecule has 21 heavy (non-hydrogen) atoms. The Bertz CT molecular complexity index is 499. The summed E-state index contributed by atoms with van der Waals surface area (Å²) in [6.45, 7) is 0.545. The Kier molecular flexibility index (Phi) is 4.76. The number of aromatic nitrogens is 1. The number of anilines is 1. The van der Waals surface area contributed by atoms with Gasteiger partial charge in [0.05, 0.1) is 0 Å². The highest BCUT2D eigenvalue weighted by atomic mass is 79.9. The van der Waals surface area contributed by atoms with Crippen LogP contribution in [-0.4, -0.2) is 28.9 Å². The fourth-order valence-corrected chi connectivity index (χ4v) is 1.62. The van der Waals surface area contributed by atoms with E-state index in [-0.39, 0.29) is 0 Å². The van der Waals surface area contributed by atoms with Crippen LogP contribution in [-0.2, 0) is 4.79 Å². The molecule has 1 amide bonds. The fourth-order valence-electron chi connectivity index (χ4n) is 1.38. The number of halogens is 7. The molecule has 1 heterocycles. The van der Waals surface area contributed by atoms with Gasteiger partial charge in [-0.25, -0.2) is 4.98 Å². The predicted octanol–water partition coefficient (Wildman–Crippen LogP) is 3.21. The van der Waals surface area contributed by atoms with Gasteiger partial charge in [0.25, 0.3) is 0 Å². The van der Waals surface area contributed by atoms with Crippen LogP contribution in [0.15, 0.2) is 22.8 Å². The topological polar surface area (TPSA) is 54.0 Å². The Balaban J connectivity index is 3.35. The Labute approximate surface area is 123 Å². The van der Waals surface area contributed by atoms with Crippen molar-refractivity contribution in [3.05, 3.63) is 22.8 Å². The van der Waals surface area contributed by atoms with Crippen LogP contribution in [0.5, 0.6) is 0 Å². The van der Waals surface area contributed by atoms with Crippen molar-refractivity contribution >= 4 is 27.7 Å². The second-order valence-electron chi connectivity index (χ2n) is 3.91. The van der Waals surface area contributed by atoms with Crippen molar-refractivity contribution in [1.29, 1.82) is 0 Å². The Hall–Kier alpha value is -1.52. The SMILES string of the molecule is CC(=O)NC(Nc1ccc(Br)cn1)(C(F)(F)F)C(F)(F)F. The lowest BCUT2D eigenvalue weighted by Crippen LogP contribution is -2.72. The normalized spacial score (nSPS) is 13.0. The maximum atomic E-state index is 13.0. The molecular formula is C10H8BrF6N3O. The van der Waals surface area contributed by atoms with E-state index in [0.717, 1.165) is 17.6 Å². The molecule has 2 N–H and O–H groups in total.